The summed E-state index contributed by atoms with van der Waals surface area (Å²) >= 11 is 0. The maximum absolute atomic E-state index is 12.5. The molecule has 0 spiro atoms. The second-order valence-electron chi connectivity index (χ2n) is 5.42. The Morgan fingerprint density at radius 1 is 1.14 bits per heavy atom. The molecule has 0 saturated heterocycles. The predicted octanol–water partition coefficient (Wildman–Crippen LogP) is 2.70. The second kappa shape index (κ2) is 6.08. The van der Waals surface area contributed by atoms with Crippen LogP contribution in [0.2, 0.25) is 0 Å². The zero-order valence-corrected chi connectivity index (χ0v) is 13.4. The normalized spacial score (nSPS) is 23.5. The first-order chi connectivity index (χ1) is 9.86. The minimum atomic E-state index is -1.33. The Kier molecular flexibility index (Phi) is 4.59. The van der Waals surface area contributed by atoms with E-state index in [1.165, 1.54) is 12.2 Å². The van der Waals surface area contributed by atoms with Gasteiger partial charge in [-0.15, -0.1) is 0 Å². The van der Waals surface area contributed by atoms with E-state index in [9.17, 15) is 14.1 Å². The smallest absolute Gasteiger partial charge is 0.178 e. The van der Waals surface area contributed by atoms with Gasteiger partial charge in [0.2, 0.25) is 0 Å². The number of ketones is 1. The van der Waals surface area contributed by atoms with Gasteiger partial charge in [-0.1, -0.05) is 24.6 Å². The van der Waals surface area contributed by atoms with Gasteiger partial charge in [0.25, 0.3) is 0 Å². The molecule has 0 saturated carbocycles. The number of aliphatic hydroxyl groups is 1. The third kappa shape index (κ3) is 3.22. The van der Waals surface area contributed by atoms with Gasteiger partial charge in [0, 0.05) is 4.90 Å². The molecule has 0 unspecified atom stereocenters. The van der Waals surface area contributed by atoms with E-state index in [0.717, 1.165) is 5.56 Å². The molecule has 1 aliphatic rings. The standard InChI is InChI=1S/C17H20O3S/c1-4-14-10-15(18)9-13(3)17(14,19)11-21(20)16-7-5-12(2)6-8-16/h5-10,19H,4,11H2,1-3H3/t17-,21-/m1/s1. The molecule has 4 heteroatoms. The summed E-state index contributed by atoms with van der Waals surface area (Å²) in [6.07, 6.45) is 3.43. The van der Waals surface area contributed by atoms with Gasteiger partial charge in [0.05, 0.1) is 16.6 Å². The molecule has 0 radical (unpaired) electrons. The maximum atomic E-state index is 12.5. The van der Waals surface area contributed by atoms with Crippen LogP contribution in [0.5, 0.6) is 0 Å². The Balaban J connectivity index is 2.29. The van der Waals surface area contributed by atoms with Crippen LogP contribution in [0.15, 0.2) is 52.5 Å². The van der Waals surface area contributed by atoms with Crippen LogP contribution in [-0.4, -0.2) is 26.5 Å². The SMILES string of the molecule is CCC1=CC(=O)C=C(C)[C@]1(O)C[S@@](=O)c1ccc(C)cc1. The molecule has 0 aromatic heterocycles. The molecule has 3 nitrogen and oxygen atoms in total. The highest BCUT2D eigenvalue weighted by Gasteiger charge is 2.37. The number of carbonyl (C=O) groups is 1. The van der Waals surface area contributed by atoms with Gasteiger partial charge in [0.15, 0.2) is 5.78 Å². The summed E-state index contributed by atoms with van der Waals surface area (Å²) < 4.78 is 12.5. The van der Waals surface area contributed by atoms with Crippen molar-refractivity contribution < 1.29 is 14.1 Å². The highest BCUT2D eigenvalue weighted by Crippen LogP contribution is 2.33. The average molecular weight is 304 g/mol. The first-order valence-corrected chi connectivity index (χ1v) is 8.30. The lowest BCUT2D eigenvalue weighted by atomic mass is 9.82. The van der Waals surface area contributed by atoms with Crippen molar-refractivity contribution in [3.63, 3.8) is 0 Å². The third-order valence-electron chi connectivity index (χ3n) is 3.86. The van der Waals surface area contributed by atoms with E-state index >= 15 is 0 Å². The lowest BCUT2D eigenvalue weighted by Gasteiger charge is -2.33. The zero-order chi connectivity index (χ0) is 15.6. The number of carbonyl (C=O) groups excluding carboxylic acids is 1. The van der Waals surface area contributed by atoms with E-state index in [2.05, 4.69) is 0 Å². The van der Waals surface area contributed by atoms with Crippen molar-refractivity contribution in [2.24, 2.45) is 0 Å². The van der Waals surface area contributed by atoms with E-state index in [1.54, 1.807) is 6.92 Å². The summed E-state index contributed by atoms with van der Waals surface area (Å²) in [5.41, 5.74) is 1.00. The minimum absolute atomic E-state index is 0.0747. The largest absolute Gasteiger partial charge is 0.380 e. The molecule has 21 heavy (non-hydrogen) atoms. The van der Waals surface area contributed by atoms with Crippen LogP contribution >= 0.6 is 0 Å². The number of benzene rings is 1. The van der Waals surface area contributed by atoms with E-state index in [0.29, 0.717) is 22.5 Å². The van der Waals surface area contributed by atoms with Gasteiger partial charge in [-0.2, -0.15) is 0 Å². The molecule has 1 aromatic rings. The van der Waals surface area contributed by atoms with Crippen molar-refractivity contribution in [2.45, 2.75) is 37.7 Å². The highest BCUT2D eigenvalue weighted by molar-refractivity contribution is 7.85. The Hall–Kier alpha value is -1.52. The average Bonchev–Trinajstić information content (AvgIpc) is 2.43. The molecule has 0 bridgehead atoms. The summed E-state index contributed by atoms with van der Waals surface area (Å²) in [6.45, 7) is 5.57. The lowest BCUT2D eigenvalue weighted by Crippen LogP contribution is -2.41. The van der Waals surface area contributed by atoms with Crippen molar-refractivity contribution in [1.82, 2.24) is 0 Å². The van der Waals surface area contributed by atoms with Crippen LogP contribution in [-0.2, 0) is 15.6 Å². The third-order valence-corrected chi connectivity index (χ3v) is 5.34. The summed E-state index contributed by atoms with van der Waals surface area (Å²) in [6, 6.07) is 7.44. The molecule has 0 amide bonds. The van der Waals surface area contributed by atoms with Crippen LogP contribution in [0.4, 0.5) is 0 Å². The van der Waals surface area contributed by atoms with Gasteiger partial charge >= 0.3 is 0 Å². The van der Waals surface area contributed by atoms with Gasteiger partial charge in [-0.05, 0) is 55.7 Å². The molecule has 0 aliphatic heterocycles. The topological polar surface area (TPSA) is 54.4 Å². The lowest BCUT2D eigenvalue weighted by molar-refractivity contribution is -0.111. The van der Waals surface area contributed by atoms with Crippen molar-refractivity contribution in [3.05, 3.63) is 53.1 Å². The second-order valence-corrected chi connectivity index (χ2v) is 6.87. The Labute approximate surface area is 127 Å². The van der Waals surface area contributed by atoms with Gasteiger partial charge in [-0.25, -0.2) is 0 Å². The fourth-order valence-electron chi connectivity index (χ4n) is 2.48. The Morgan fingerprint density at radius 2 is 1.76 bits per heavy atom. The molecule has 1 aliphatic carbocycles. The summed E-state index contributed by atoms with van der Waals surface area (Å²) in [5, 5.41) is 10.9. The molecule has 1 N–H and O–H groups in total. The molecule has 2 atom stereocenters. The quantitative estimate of drug-likeness (QED) is 0.930. The zero-order valence-electron chi connectivity index (χ0n) is 12.6. The van der Waals surface area contributed by atoms with Crippen LogP contribution < -0.4 is 0 Å². The van der Waals surface area contributed by atoms with Crippen LogP contribution in [0.1, 0.15) is 25.8 Å². The van der Waals surface area contributed by atoms with Crippen LogP contribution in [0, 0.1) is 6.92 Å². The summed E-state index contributed by atoms with van der Waals surface area (Å²) in [7, 11) is -1.33. The fourth-order valence-corrected chi connectivity index (χ4v) is 3.88. The van der Waals surface area contributed by atoms with Crippen molar-refractivity contribution >= 4 is 16.6 Å². The minimum Gasteiger partial charge on any atom is -0.380 e. The maximum Gasteiger partial charge on any atom is 0.178 e. The molecular formula is C17H20O3S. The summed E-state index contributed by atoms with van der Waals surface area (Å²) in [5.74, 6) is -0.0409. The summed E-state index contributed by atoms with van der Waals surface area (Å²) in [4.78, 5) is 12.3. The number of hydrogen-bond acceptors (Lipinski definition) is 3. The van der Waals surface area contributed by atoms with E-state index in [-0.39, 0.29) is 11.5 Å². The van der Waals surface area contributed by atoms with Crippen molar-refractivity contribution in [3.8, 4) is 0 Å². The molecule has 112 valence electrons. The first kappa shape index (κ1) is 15.9. The molecule has 0 heterocycles. The number of rotatable bonds is 4. The number of allylic oxidation sites excluding steroid dienone is 2. The number of aryl methyl sites for hydroxylation is 1. The first-order valence-electron chi connectivity index (χ1n) is 6.98. The van der Waals surface area contributed by atoms with Gasteiger partial charge in [-0.3, -0.25) is 9.00 Å². The fraction of sp³-hybridized carbons (Fsp3) is 0.353. The molecule has 1 aromatic carbocycles. The van der Waals surface area contributed by atoms with E-state index < -0.39 is 16.4 Å². The highest BCUT2D eigenvalue weighted by atomic mass is 32.2. The van der Waals surface area contributed by atoms with Gasteiger partial charge < -0.3 is 5.11 Å². The van der Waals surface area contributed by atoms with Crippen molar-refractivity contribution in [1.29, 1.82) is 0 Å². The van der Waals surface area contributed by atoms with E-state index in [1.807, 2.05) is 38.1 Å². The van der Waals surface area contributed by atoms with Gasteiger partial charge in [0.1, 0.15) is 5.60 Å². The Morgan fingerprint density at radius 3 is 2.33 bits per heavy atom. The molecule has 2 rings (SSSR count). The monoisotopic (exact) mass is 304 g/mol. The van der Waals surface area contributed by atoms with Crippen LogP contribution in [0.3, 0.4) is 0 Å². The Bertz CT molecular complexity index is 641. The van der Waals surface area contributed by atoms with Crippen molar-refractivity contribution in [2.75, 3.05) is 5.75 Å². The van der Waals surface area contributed by atoms with E-state index in [4.69, 9.17) is 0 Å². The molecular weight excluding hydrogens is 284 g/mol. The van der Waals surface area contributed by atoms with Crippen LogP contribution in [0.25, 0.3) is 0 Å². The predicted molar refractivity (Wildman–Crippen MR) is 84.5 cm³/mol. The molecule has 0 fully saturated rings. The number of hydrogen-bond donors (Lipinski definition) is 1.